The smallest absolute Gasteiger partial charge is 0.424 e. The van der Waals surface area contributed by atoms with Crippen LogP contribution < -0.4 is 14.4 Å². The molecule has 0 saturated carbocycles. The minimum atomic E-state index is -0.439. The highest BCUT2D eigenvalue weighted by Crippen LogP contribution is 2.48. The van der Waals surface area contributed by atoms with Gasteiger partial charge in [0, 0.05) is 9.79 Å². The third-order valence-electron chi connectivity index (χ3n) is 3.88. The molecule has 0 atom stereocenters. The number of methoxy groups -OCH3 is 1. The summed E-state index contributed by atoms with van der Waals surface area (Å²) in [5.74, 6) is 1.18. The maximum Gasteiger partial charge on any atom is 0.424 e. The lowest BCUT2D eigenvalue weighted by Gasteiger charge is -2.30. The lowest BCUT2D eigenvalue weighted by atomic mass is 10.2. The monoisotopic (exact) mass is 349 g/mol. The molecule has 1 aliphatic rings. The number of nitrogens with zero attached hydrogens (tertiary/aromatic N) is 1. The first-order valence-corrected chi connectivity index (χ1v) is 8.60. The number of rotatable bonds is 2. The molecule has 1 heterocycles. The zero-order valence-electron chi connectivity index (χ0n) is 13.5. The van der Waals surface area contributed by atoms with Crippen LogP contribution >= 0.6 is 11.8 Å². The lowest BCUT2D eigenvalue weighted by molar-refractivity contribution is 0.210. The van der Waals surface area contributed by atoms with Gasteiger partial charge in [0.05, 0.1) is 18.5 Å². The van der Waals surface area contributed by atoms with Gasteiger partial charge in [0.15, 0.2) is 0 Å². The Morgan fingerprint density at radius 3 is 1.88 bits per heavy atom. The van der Waals surface area contributed by atoms with E-state index in [0.717, 1.165) is 21.2 Å². The molecule has 124 valence electrons. The molecule has 1 aliphatic heterocycles. The molecule has 0 aromatic heterocycles. The van der Waals surface area contributed by atoms with Crippen molar-refractivity contribution in [3.63, 3.8) is 0 Å². The number of hydrogen-bond acceptors (Lipinski definition) is 4. The molecule has 0 unspecified atom stereocenters. The zero-order chi connectivity index (χ0) is 17.2. The Labute approximate surface area is 150 Å². The first kappa shape index (κ1) is 15.6. The topological polar surface area (TPSA) is 38.8 Å². The number of para-hydroxylation sites is 2. The molecule has 0 N–H and O–H groups in total. The van der Waals surface area contributed by atoms with Gasteiger partial charge in [-0.25, -0.2) is 9.69 Å². The summed E-state index contributed by atoms with van der Waals surface area (Å²) >= 11 is 1.65. The molecule has 0 aliphatic carbocycles. The van der Waals surface area contributed by atoms with Gasteiger partial charge >= 0.3 is 6.09 Å². The summed E-state index contributed by atoms with van der Waals surface area (Å²) in [6.45, 7) is 0. The number of fused-ring (bicyclic) bond motifs is 2. The number of carbonyl (C=O) groups is 1. The van der Waals surface area contributed by atoms with E-state index in [4.69, 9.17) is 9.47 Å². The van der Waals surface area contributed by atoms with Crippen LogP contribution in [-0.2, 0) is 0 Å². The maximum absolute atomic E-state index is 12.9. The standard InChI is InChI=1S/C20H15NO3S/c1-23-14-10-12-15(13-11-14)24-20(22)21-16-6-2-4-8-18(16)25-19-9-5-3-7-17(19)21/h2-13H,1H3. The summed E-state index contributed by atoms with van der Waals surface area (Å²) in [5, 5.41) is 0. The number of benzene rings is 3. The SMILES string of the molecule is COc1ccc(OC(=O)N2c3ccccc3Sc3ccccc32)cc1. The second kappa shape index (κ2) is 6.53. The van der Waals surface area contributed by atoms with Gasteiger partial charge in [-0.1, -0.05) is 36.0 Å². The molecule has 4 rings (SSSR count). The molecule has 1 amide bonds. The molecule has 25 heavy (non-hydrogen) atoms. The second-order valence-electron chi connectivity index (χ2n) is 5.42. The number of ether oxygens (including phenoxy) is 2. The van der Waals surface area contributed by atoms with Crippen LogP contribution in [0.15, 0.2) is 82.6 Å². The predicted molar refractivity (Wildman–Crippen MR) is 98.2 cm³/mol. The number of carbonyl (C=O) groups excluding carboxylic acids is 1. The van der Waals surface area contributed by atoms with E-state index >= 15 is 0 Å². The summed E-state index contributed by atoms with van der Waals surface area (Å²) in [6.07, 6.45) is -0.439. The number of hydrogen-bond donors (Lipinski definition) is 0. The van der Waals surface area contributed by atoms with Gasteiger partial charge in [-0.3, -0.25) is 0 Å². The van der Waals surface area contributed by atoms with E-state index in [-0.39, 0.29) is 0 Å². The Bertz CT molecular complexity index is 879. The molecule has 0 radical (unpaired) electrons. The third-order valence-corrected chi connectivity index (χ3v) is 5.01. The van der Waals surface area contributed by atoms with Crippen LogP contribution in [0.1, 0.15) is 0 Å². The van der Waals surface area contributed by atoms with Crippen LogP contribution in [0, 0.1) is 0 Å². The summed E-state index contributed by atoms with van der Waals surface area (Å²) in [7, 11) is 1.60. The van der Waals surface area contributed by atoms with Crippen molar-refractivity contribution in [1.82, 2.24) is 0 Å². The van der Waals surface area contributed by atoms with Crippen LogP contribution in [0.4, 0.5) is 16.2 Å². The van der Waals surface area contributed by atoms with E-state index in [2.05, 4.69) is 0 Å². The van der Waals surface area contributed by atoms with E-state index < -0.39 is 6.09 Å². The minimum absolute atomic E-state index is 0.439. The average Bonchev–Trinajstić information content (AvgIpc) is 2.66. The Hall–Kier alpha value is -2.92. The van der Waals surface area contributed by atoms with Crippen molar-refractivity contribution in [3.05, 3.63) is 72.8 Å². The fourth-order valence-corrected chi connectivity index (χ4v) is 3.75. The Balaban J connectivity index is 1.70. The summed E-state index contributed by atoms with van der Waals surface area (Å²) in [5.41, 5.74) is 1.65. The predicted octanol–water partition coefficient (Wildman–Crippen LogP) is 5.50. The molecule has 0 fully saturated rings. The van der Waals surface area contributed by atoms with Crippen LogP contribution in [-0.4, -0.2) is 13.2 Å². The molecule has 3 aromatic carbocycles. The van der Waals surface area contributed by atoms with E-state index in [1.54, 1.807) is 48.0 Å². The summed E-state index contributed by atoms with van der Waals surface area (Å²) < 4.78 is 10.7. The van der Waals surface area contributed by atoms with E-state index in [9.17, 15) is 4.79 Å². The molecule has 5 heteroatoms. The molecule has 0 spiro atoms. The van der Waals surface area contributed by atoms with Crippen molar-refractivity contribution < 1.29 is 14.3 Å². The third kappa shape index (κ3) is 2.94. The molecular weight excluding hydrogens is 334 g/mol. The number of amides is 1. The number of anilines is 2. The van der Waals surface area contributed by atoms with Gasteiger partial charge < -0.3 is 9.47 Å². The fraction of sp³-hybridized carbons (Fsp3) is 0.0500. The zero-order valence-corrected chi connectivity index (χ0v) is 14.3. The van der Waals surface area contributed by atoms with Gasteiger partial charge in [0.25, 0.3) is 0 Å². The van der Waals surface area contributed by atoms with Crippen molar-refractivity contribution in [1.29, 1.82) is 0 Å². The Kier molecular flexibility index (Phi) is 4.07. The Morgan fingerprint density at radius 1 is 0.800 bits per heavy atom. The van der Waals surface area contributed by atoms with Gasteiger partial charge in [0.2, 0.25) is 0 Å². The van der Waals surface area contributed by atoms with Crippen molar-refractivity contribution >= 4 is 29.2 Å². The van der Waals surface area contributed by atoms with Crippen molar-refractivity contribution in [2.24, 2.45) is 0 Å². The maximum atomic E-state index is 12.9. The highest BCUT2D eigenvalue weighted by Gasteiger charge is 2.29. The van der Waals surface area contributed by atoms with Crippen molar-refractivity contribution in [2.45, 2.75) is 9.79 Å². The van der Waals surface area contributed by atoms with Crippen molar-refractivity contribution in [2.75, 3.05) is 12.0 Å². The van der Waals surface area contributed by atoms with Gasteiger partial charge in [-0.05, 0) is 48.5 Å². The van der Waals surface area contributed by atoms with Crippen LogP contribution in [0.5, 0.6) is 11.5 Å². The summed E-state index contributed by atoms with van der Waals surface area (Å²) in [4.78, 5) is 16.6. The second-order valence-corrected chi connectivity index (χ2v) is 6.50. The van der Waals surface area contributed by atoms with Crippen molar-refractivity contribution in [3.8, 4) is 11.5 Å². The quantitative estimate of drug-likeness (QED) is 0.612. The van der Waals surface area contributed by atoms with Gasteiger partial charge in [-0.15, -0.1) is 0 Å². The van der Waals surface area contributed by atoms with Gasteiger partial charge in [0.1, 0.15) is 11.5 Å². The van der Waals surface area contributed by atoms with E-state index in [1.807, 2.05) is 48.5 Å². The molecular formula is C20H15NO3S. The molecule has 4 nitrogen and oxygen atoms in total. The molecule has 3 aromatic rings. The first-order chi connectivity index (χ1) is 12.3. The highest BCUT2D eigenvalue weighted by atomic mass is 32.2. The molecule has 0 saturated heterocycles. The lowest BCUT2D eigenvalue weighted by Crippen LogP contribution is -2.31. The van der Waals surface area contributed by atoms with Crippen LogP contribution in [0.3, 0.4) is 0 Å². The minimum Gasteiger partial charge on any atom is -0.497 e. The van der Waals surface area contributed by atoms with Crippen LogP contribution in [0.25, 0.3) is 0 Å². The fourth-order valence-electron chi connectivity index (χ4n) is 2.69. The van der Waals surface area contributed by atoms with E-state index in [1.165, 1.54) is 0 Å². The summed E-state index contributed by atoms with van der Waals surface area (Å²) in [6, 6.07) is 22.6. The Morgan fingerprint density at radius 2 is 1.32 bits per heavy atom. The highest BCUT2D eigenvalue weighted by molar-refractivity contribution is 7.99. The van der Waals surface area contributed by atoms with Gasteiger partial charge in [-0.2, -0.15) is 0 Å². The van der Waals surface area contributed by atoms with E-state index in [0.29, 0.717) is 11.5 Å². The molecule has 0 bridgehead atoms. The average molecular weight is 349 g/mol. The first-order valence-electron chi connectivity index (χ1n) is 7.78. The normalized spacial score (nSPS) is 12.1. The largest absolute Gasteiger partial charge is 0.497 e. The van der Waals surface area contributed by atoms with Crippen LogP contribution in [0.2, 0.25) is 0 Å².